The number of carbonyl (C=O) groups excluding carboxylic acids is 1. The molecular formula is C24H33N3O3S. The summed E-state index contributed by atoms with van der Waals surface area (Å²) < 4.78 is 26.6. The number of amides is 1. The van der Waals surface area contributed by atoms with Gasteiger partial charge in [0.05, 0.1) is 4.90 Å². The van der Waals surface area contributed by atoms with Crippen molar-refractivity contribution in [3.05, 3.63) is 65.7 Å². The fraction of sp³-hybridized carbons (Fsp3) is 0.458. The molecule has 3 rings (SSSR count). The Kier molecular flexibility index (Phi) is 8.23. The quantitative estimate of drug-likeness (QED) is 0.604. The molecule has 7 heteroatoms. The number of nitrogens with zero attached hydrogens (tertiary/aromatic N) is 2. The second-order valence-electron chi connectivity index (χ2n) is 8.43. The van der Waals surface area contributed by atoms with E-state index in [2.05, 4.69) is 17.1 Å². The molecule has 1 fully saturated rings. The zero-order valence-corrected chi connectivity index (χ0v) is 19.3. The van der Waals surface area contributed by atoms with Gasteiger partial charge in [-0.2, -0.15) is 4.31 Å². The van der Waals surface area contributed by atoms with Crippen LogP contribution in [0.15, 0.2) is 59.5 Å². The van der Waals surface area contributed by atoms with Crippen molar-refractivity contribution in [3.8, 4) is 0 Å². The van der Waals surface area contributed by atoms with E-state index in [1.54, 1.807) is 61.6 Å². The van der Waals surface area contributed by atoms with E-state index in [-0.39, 0.29) is 17.3 Å². The van der Waals surface area contributed by atoms with E-state index in [9.17, 15) is 13.2 Å². The Morgan fingerprint density at radius 3 is 2.52 bits per heavy atom. The molecule has 0 aromatic heterocycles. The van der Waals surface area contributed by atoms with Crippen LogP contribution in [-0.4, -0.2) is 56.8 Å². The fourth-order valence-electron chi connectivity index (χ4n) is 3.97. The molecule has 1 aliphatic heterocycles. The summed E-state index contributed by atoms with van der Waals surface area (Å²) in [6.07, 6.45) is 3.53. The van der Waals surface area contributed by atoms with Gasteiger partial charge >= 0.3 is 0 Å². The molecule has 0 bridgehead atoms. The van der Waals surface area contributed by atoms with Crippen LogP contribution in [0, 0.1) is 5.92 Å². The number of hydrogen-bond donors (Lipinski definition) is 1. The molecule has 1 atom stereocenters. The standard InChI is InChI=1S/C24H33N3O3S/c1-20-8-6-16-27(18-20)17-7-15-25-24(28)22-13-11-21(12-14-22)19-26(2)31(29,30)23-9-4-3-5-10-23/h3-5,9-14,20H,6-8,15-19H2,1-2H3,(H,25,28). The van der Waals surface area contributed by atoms with Crippen molar-refractivity contribution in [2.75, 3.05) is 33.2 Å². The minimum atomic E-state index is -3.54. The maximum Gasteiger partial charge on any atom is 0.251 e. The SMILES string of the molecule is CC1CCCN(CCCNC(=O)c2ccc(CN(C)S(=O)(=O)c3ccccc3)cc2)C1. The summed E-state index contributed by atoms with van der Waals surface area (Å²) in [5.41, 5.74) is 1.42. The molecule has 31 heavy (non-hydrogen) atoms. The molecule has 0 radical (unpaired) electrons. The smallest absolute Gasteiger partial charge is 0.251 e. The second kappa shape index (κ2) is 10.9. The minimum absolute atomic E-state index is 0.0937. The first-order valence-electron chi connectivity index (χ1n) is 11.0. The molecule has 168 valence electrons. The normalized spacial score (nSPS) is 17.6. The molecule has 1 aliphatic rings. The Labute approximate surface area is 186 Å². The molecular weight excluding hydrogens is 410 g/mol. The minimum Gasteiger partial charge on any atom is -0.352 e. The first-order chi connectivity index (χ1) is 14.9. The van der Waals surface area contributed by atoms with Gasteiger partial charge in [0.25, 0.3) is 5.91 Å². The van der Waals surface area contributed by atoms with Crippen molar-refractivity contribution in [2.45, 2.75) is 37.6 Å². The molecule has 6 nitrogen and oxygen atoms in total. The first kappa shape index (κ1) is 23.4. The van der Waals surface area contributed by atoms with Crippen molar-refractivity contribution in [2.24, 2.45) is 5.92 Å². The lowest BCUT2D eigenvalue weighted by Crippen LogP contribution is -2.36. The van der Waals surface area contributed by atoms with Crippen LogP contribution < -0.4 is 5.32 Å². The summed E-state index contributed by atoms with van der Waals surface area (Å²) in [5.74, 6) is 0.674. The average molecular weight is 444 g/mol. The molecule has 0 spiro atoms. The van der Waals surface area contributed by atoms with E-state index in [1.807, 2.05) is 0 Å². The van der Waals surface area contributed by atoms with Crippen molar-refractivity contribution in [3.63, 3.8) is 0 Å². The van der Waals surface area contributed by atoms with E-state index in [0.29, 0.717) is 12.1 Å². The van der Waals surface area contributed by atoms with Crippen LogP contribution >= 0.6 is 0 Å². The topological polar surface area (TPSA) is 69.7 Å². The molecule has 1 unspecified atom stereocenters. The van der Waals surface area contributed by atoms with Crippen LogP contribution in [0.2, 0.25) is 0 Å². The maximum atomic E-state index is 12.6. The monoisotopic (exact) mass is 443 g/mol. The summed E-state index contributed by atoms with van der Waals surface area (Å²) in [6, 6.07) is 15.5. The average Bonchev–Trinajstić information content (AvgIpc) is 2.77. The van der Waals surface area contributed by atoms with E-state index in [4.69, 9.17) is 0 Å². The van der Waals surface area contributed by atoms with Crippen LogP contribution in [-0.2, 0) is 16.6 Å². The Morgan fingerprint density at radius 1 is 1.13 bits per heavy atom. The van der Waals surface area contributed by atoms with E-state index < -0.39 is 10.0 Å². The fourth-order valence-corrected chi connectivity index (χ4v) is 5.15. The lowest BCUT2D eigenvalue weighted by molar-refractivity contribution is 0.0950. The third-order valence-corrected chi connectivity index (χ3v) is 7.57. The molecule has 2 aromatic carbocycles. The second-order valence-corrected chi connectivity index (χ2v) is 10.5. The molecule has 1 heterocycles. The summed E-state index contributed by atoms with van der Waals surface area (Å²) in [6.45, 7) is 6.53. The first-order valence-corrected chi connectivity index (χ1v) is 12.4. The number of nitrogens with one attached hydrogen (secondary N) is 1. The Bertz CT molecular complexity index is 946. The number of hydrogen-bond acceptors (Lipinski definition) is 4. The highest BCUT2D eigenvalue weighted by Gasteiger charge is 2.20. The van der Waals surface area contributed by atoms with E-state index in [0.717, 1.165) is 37.5 Å². The van der Waals surface area contributed by atoms with Crippen molar-refractivity contribution >= 4 is 15.9 Å². The van der Waals surface area contributed by atoms with Gasteiger partial charge in [-0.3, -0.25) is 4.79 Å². The molecule has 1 N–H and O–H groups in total. The lowest BCUT2D eigenvalue weighted by Gasteiger charge is -2.30. The van der Waals surface area contributed by atoms with Gasteiger partial charge in [-0.15, -0.1) is 0 Å². The molecule has 1 saturated heterocycles. The van der Waals surface area contributed by atoms with Crippen molar-refractivity contribution in [1.82, 2.24) is 14.5 Å². The van der Waals surface area contributed by atoms with Gasteiger partial charge in [-0.25, -0.2) is 8.42 Å². The number of sulfonamides is 1. The van der Waals surface area contributed by atoms with Crippen LogP contribution in [0.5, 0.6) is 0 Å². The van der Waals surface area contributed by atoms with Crippen LogP contribution in [0.25, 0.3) is 0 Å². The zero-order chi connectivity index (χ0) is 22.3. The van der Waals surface area contributed by atoms with Crippen LogP contribution in [0.3, 0.4) is 0 Å². The van der Waals surface area contributed by atoms with E-state index in [1.165, 1.54) is 17.1 Å². The Hall–Kier alpha value is -2.22. The van der Waals surface area contributed by atoms with Crippen molar-refractivity contribution < 1.29 is 13.2 Å². The number of rotatable bonds is 9. The van der Waals surface area contributed by atoms with Crippen molar-refractivity contribution in [1.29, 1.82) is 0 Å². The van der Waals surface area contributed by atoms with Gasteiger partial charge in [0, 0.05) is 32.2 Å². The third kappa shape index (κ3) is 6.63. The van der Waals surface area contributed by atoms with E-state index >= 15 is 0 Å². The highest BCUT2D eigenvalue weighted by molar-refractivity contribution is 7.89. The highest BCUT2D eigenvalue weighted by atomic mass is 32.2. The van der Waals surface area contributed by atoms with Gasteiger partial charge in [-0.1, -0.05) is 37.3 Å². The van der Waals surface area contributed by atoms with Crippen LogP contribution in [0.4, 0.5) is 0 Å². The summed E-state index contributed by atoms with van der Waals surface area (Å²) in [5, 5.41) is 2.98. The predicted molar refractivity (Wildman–Crippen MR) is 123 cm³/mol. The van der Waals surface area contributed by atoms with Gasteiger partial charge < -0.3 is 10.2 Å². The summed E-state index contributed by atoms with van der Waals surface area (Å²) in [7, 11) is -1.98. The summed E-state index contributed by atoms with van der Waals surface area (Å²) >= 11 is 0. The Balaban J connectivity index is 1.46. The highest BCUT2D eigenvalue weighted by Crippen LogP contribution is 2.17. The number of carbonyl (C=O) groups is 1. The van der Waals surface area contributed by atoms with Gasteiger partial charge in [0.15, 0.2) is 0 Å². The Morgan fingerprint density at radius 2 is 1.84 bits per heavy atom. The number of likely N-dealkylation sites (tertiary alicyclic amines) is 1. The van der Waals surface area contributed by atoms with Gasteiger partial charge in [-0.05, 0) is 68.1 Å². The maximum absolute atomic E-state index is 12.6. The molecule has 2 aromatic rings. The number of piperidine rings is 1. The predicted octanol–water partition coefficient (Wildman–Crippen LogP) is 3.36. The molecule has 0 saturated carbocycles. The molecule has 0 aliphatic carbocycles. The number of benzene rings is 2. The lowest BCUT2D eigenvalue weighted by atomic mass is 10.0. The van der Waals surface area contributed by atoms with Gasteiger partial charge in [0.1, 0.15) is 0 Å². The third-order valence-electron chi connectivity index (χ3n) is 5.75. The van der Waals surface area contributed by atoms with Gasteiger partial charge in [0.2, 0.25) is 10.0 Å². The molecule has 1 amide bonds. The largest absolute Gasteiger partial charge is 0.352 e. The zero-order valence-electron chi connectivity index (χ0n) is 18.5. The summed E-state index contributed by atoms with van der Waals surface area (Å²) in [4.78, 5) is 15.1. The van der Waals surface area contributed by atoms with Crippen LogP contribution in [0.1, 0.15) is 42.1 Å².